The highest BCUT2D eigenvalue weighted by Crippen LogP contribution is 1.89. The molecule has 0 aliphatic carbocycles. The third-order valence-corrected chi connectivity index (χ3v) is 2.20. The first kappa shape index (κ1) is 8.00. The van der Waals surface area contributed by atoms with E-state index in [4.69, 9.17) is 12.6 Å². The van der Waals surface area contributed by atoms with E-state index in [0.29, 0.717) is 0 Å². The highest BCUT2D eigenvalue weighted by molar-refractivity contribution is 7.59. The van der Waals surface area contributed by atoms with Crippen LogP contribution in [0.4, 0.5) is 0 Å². The number of carbonyl (C=O) groups is 1. The van der Waals surface area contributed by atoms with Gasteiger partial charge in [0.2, 0.25) is 0 Å². The van der Waals surface area contributed by atoms with Gasteiger partial charge in [-0.3, -0.25) is 4.90 Å². The Morgan fingerprint density at radius 2 is 2.40 bits per heavy atom. The lowest BCUT2D eigenvalue weighted by molar-refractivity contribution is -0.839. The molecule has 0 aromatic rings. The molecule has 0 spiro atoms. The van der Waals surface area contributed by atoms with Gasteiger partial charge in [-0.1, -0.05) is 0 Å². The van der Waals surface area contributed by atoms with Gasteiger partial charge >= 0.3 is 6.41 Å². The van der Waals surface area contributed by atoms with Crippen molar-refractivity contribution in [3.8, 4) is 0 Å². The Bertz CT molecular complexity index is 143. The normalized spacial score (nSPS) is 42.1. The van der Waals surface area contributed by atoms with Crippen molar-refractivity contribution in [3.05, 3.63) is 0 Å². The fourth-order valence-corrected chi connectivity index (χ4v) is 1.39. The van der Waals surface area contributed by atoms with Gasteiger partial charge in [0.15, 0.2) is 6.17 Å². The Morgan fingerprint density at radius 3 is 2.60 bits per heavy atom. The fraction of sp³-hybridized carbons (Fsp3) is 0.800. The lowest BCUT2D eigenvalue weighted by Crippen LogP contribution is -3.16. The molecule has 0 saturated carbocycles. The van der Waals surface area contributed by atoms with Gasteiger partial charge in [0, 0.05) is 19.5 Å². The maximum Gasteiger partial charge on any atom is 0.300 e. The van der Waals surface area contributed by atoms with Crippen molar-refractivity contribution in [3.63, 3.8) is 0 Å². The standard InChI is InChI=1S/C5H11N3OS/c1-4-7(2)6-5(10)8(4)3-9/h3-6,10H,1-2H3. The summed E-state index contributed by atoms with van der Waals surface area (Å²) >= 11 is 4.96. The minimum atomic E-state index is -0.211. The summed E-state index contributed by atoms with van der Waals surface area (Å²) in [6.07, 6.45) is 0.985. The number of nitrogens with one attached hydrogen (secondary N) is 2. The zero-order valence-electron chi connectivity index (χ0n) is 6.00. The quantitative estimate of drug-likeness (QED) is 0.334. The van der Waals surface area contributed by atoms with Crippen LogP contribution in [-0.2, 0) is 17.4 Å². The number of hydrogen-bond donors (Lipinski definition) is 2. The van der Waals surface area contributed by atoms with Gasteiger partial charge in [0.1, 0.15) is 0 Å². The van der Waals surface area contributed by atoms with Gasteiger partial charge in [-0.05, 0) is 0 Å². The Hall–Kier alpha value is -0.100. The minimum Gasteiger partial charge on any atom is -0.709 e. The monoisotopic (exact) mass is 161 g/mol. The summed E-state index contributed by atoms with van der Waals surface area (Å²) in [6, 6.07) is 0. The number of nitrogens with zero attached hydrogens (tertiary/aromatic N) is 1. The number of carbonyl (C=O) groups excluding carboxylic acids is 1. The second-order valence-corrected chi connectivity index (χ2v) is 2.89. The van der Waals surface area contributed by atoms with Gasteiger partial charge < -0.3 is 12.6 Å². The largest absolute Gasteiger partial charge is 0.709 e. The Labute approximate surface area is 65.5 Å². The summed E-state index contributed by atoms with van der Waals surface area (Å²) in [5.74, 6) is 0. The first-order valence-electron chi connectivity index (χ1n) is 3.13. The Balaban J connectivity index is 2.63. The molecule has 3 atom stereocenters. The van der Waals surface area contributed by atoms with Crippen LogP contribution in [0.1, 0.15) is 6.92 Å². The van der Waals surface area contributed by atoms with E-state index in [2.05, 4.69) is 5.43 Å². The molecule has 1 saturated heterocycles. The summed E-state index contributed by atoms with van der Waals surface area (Å²) in [5.41, 5.74) is 2.74. The molecular weight excluding hydrogens is 150 g/mol. The second kappa shape index (κ2) is 2.87. The average Bonchev–Trinajstić information content (AvgIpc) is 2.09. The zero-order chi connectivity index (χ0) is 7.72. The number of quaternary nitrogens is 1. The molecule has 1 rings (SSSR count). The molecule has 1 aliphatic heterocycles. The van der Waals surface area contributed by atoms with Crippen molar-refractivity contribution in [1.29, 1.82) is 0 Å². The average molecular weight is 161 g/mol. The number of rotatable bonds is 1. The van der Waals surface area contributed by atoms with Crippen molar-refractivity contribution >= 4 is 19.0 Å². The summed E-state index contributed by atoms with van der Waals surface area (Å²) in [4.78, 5) is 11.2. The van der Waals surface area contributed by atoms with Gasteiger partial charge in [0.05, 0.1) is 0 Å². The van der Waals surface area contributed by atoms with Crippen LogP contribution in [0.25, 0.3) is 0 Å². The fourth-order valence-electron chi connectivity index (χ4n) is 0.974. The zero-order valence-corrected chi connectivity index (χ0v) is 6.81. The predicted molar refractivity (Wildman–Crippen MR) is 38.5 cm³/mol. The number of amides is 1. The molecule has 10 heavy (non-hydrogen) atoms. The van der Waals surface area contributed by atoms with E-state index in [0.717, 1.165) is 11.3 Å². The Morgan fingerprint density at radius 1 is 1.80 bits per heavy atom. The summed E-state index contributed by atoms with van der Waals surface area (Å²) in [6.45, 7) is 1.95. The summed E-state index contributed by atoms with van der Waals surface area (Å²) < 4.78 is 0. The van der Waals surface area contributed by atoms with Crippen LogP contribution < -0.4 is 10.3 Å². The van der Waals surface area contributed by atoms with Gasteiger partial charge in [-0.15, -0.1) is 0 Å². The lowest BCUT2D eigenvalue weighted by atomic mass is 10.5. The van der Waals surface area contributed by atoms with E-state index in [1.165, 1.54) is 0 Å². The molecule has 1 fully saturated rings. The molecule has 1 aliphatic rings. The second-order valence-electron chi connectivity index (χ2n) is 2.41. The highest BCUT2D eigenvalue weighted by atomic mass is 32.1. The number of hydrogen-bond acceptors (Lipinski definition) is 4. The third-order valence-electron chi connectivity index (χ3n) is 1.82. The van der Waals surface area contributed by atoms with Crippen LogP contribution in [0, 0.1) is 0 Å². The maximum absolute atomic E-state index is 10.4. The predicted octanol–water partition coefficient (Wildman–Crippen LogP) is -2.35. The van der Waals surface area contributed by atoms with Crippen LogP contribution in [0.3, 0.4) is 0 Å². The summed E-state index contributed by atoms with van der Waals surface area (Å²) in [7, 11) is 1.88. The minimum absolute atomic E-state index is 0.139. The van der Waals surface area contributed by atoms with Gasteiger partial charge in [-0.2, -0.15) is 5.01 Å². The number of hydrazine groups is 1. The van der Waals surface area contributed by atoms with E-state index < -0.39 is 0 Å². The van der Waals surface area contributed by atoms with E-state index in [9.17, 15) is 4.79 Å². The van der Waals surface area contributed by atoms with E-state index >= 15 is 0 Å². The van der Waals surface area contributed by atoms with Crippen molar-refractivity contribution in [2.45, 2.75) is 18.6 Å². The molecule has 0 aromatic carbocycles. The van der Waals surface area contributed by atoms with Crippen molar-refractivity contribution < 1.29 is 9.69 Å². The highest BCUT2D eigenvalue weighted by Gasteiger charge is 2.30. The smallest absolute Gasteiger partial charge is 0.300 e. The topological polar surface area (TPSA) is 36.8 Å². The molecular formula is C5H11N3OS. The Kier molecular flexibility index (Phi) is 2.30. The lowest BCUT2D eigenvalue weighted by Gasteiger charge is -2.19. The SMILES string of the molecule is CC1N(C)NC([S-])[NH+]1C=O. The molecule has 2 N–H and O–H groups in total. The van der Waals surface area contributed by atoms with Crippen LogP contribution in [0.15, 0.2) is 0 Å². The van der Waals surface area contributed by atoms with Gasteiger partial charge in [0.25, 0.3) is 0 Å². The molecule has 3 unspecified atom stereocenters. The van der Waals surface area contributed by atoms with E-state index in [1.54, 1.807) is 0 Å². The first-order chi connectivity index (χ1) is 4.66. The van der Waals surface area contributed by atoms with Crippen LogP contribution in [-0.4, -0.2) is 30.1 Å². The maximum atomic E-state index is 10.4. The van der Waals surface area contributed by atoms with E-state index in [1.807, 2.05) is 19.0 Å². The van der Waals surface area contributed by atoms with Crippen molar-refractivity contribution in [2.24, 2.45) is 0 Å². The van der Waals surface area contributed by atoms with Crippen molar-refractivity contribution in [1.82, 2.24) is 10.4 Å². The molecule has 4 nitrogen and oxygen atoms in total. The summed E-state index contributed by atoms with van der Waals surface area (Å²) in [5, 5.41) is 1.85. The van der Waals surface area contributed by atoms with Crippen LogP contribution in [0.5, 0.6) is 0 Å². The molecule has 0 radical (unpaired) electrons. The molecule has 0 bridgehead atoms. The van der Waals surface area contributed by atoms with Gasteiger partial charge in [-0.25, -0.2) is 10.2 Å². The van der Waals surface area contributed by atoms with Crippen LogP contribution in [0.2, 0.25) is 0 Å². The molecule has 1 heterocycles. The molecule has 0 aromatic heterocycles. The van der Waals surface area contributed by atoms with Crippen molar-refractivity contribution in [2.75, 3.05) is 7.05 Å². The molecule has 58 valence electrons. The first-order valence-corrected chi connectivity index (χ1v) is 3.60. The molecule has 5 heteroatoms. The molecule has 1 amide bonds. The van der Waals surface area contributed by atoms with E-state index in [-0.39, 0.29) is 11.7 Å². The van der Waals surface area contributed by atoms with Crippen LogP contribution >= 0.6 is 0 Å². The third kappa shape index (κ3) is 1.17.